The van der Waals surface area contributed by atoms with Crippen LogP contribution in [-0.4, -0.2) is 17.9 Å². The lowest BCUT2D eigenvalue weighted by Crippen LogP contribution is -1.93. The molecule has 0 aliphatic heterocycles. The largest absolute Gasteiger partial charge is 0.309 e. The van der Waals surface area contributed by atoms with Crippen molar-refractivity contribution in [3.63, 3.8) is 0 Å². The van der Waals surface area contributed by atoms with E-state index in [1.54, 1.807) is 4.57 Å². The minimum absolute atomic E-state index is 0.0475. The van der Waals surface area contributed by atoms with Gasteiger partial charge in [0.1, 0.15) is 0 Å². The van der Waals surface area contributed by atoms with Crippen LogP contribution in [0.5, 0.6) is 0 Å². The topological polar surface area (TPSA) is 18.7 Å². The normalized spacial score (nSPS) is 15.2. The van der Waals surface area contributed by atoms with E-state index < -0.39 is 36.3 Å². The molecule has 0 aliphatic rings. The number of hydrogen-bond acceptors (Lipinski definition) is 0. The van der Waals surface area contributed by atoms with Crippen LogP contribution in [0.2, 0.25) is 0 Å². The van der Waals surface area contributed by atoms with Crippen molar-refractivity contribution in [2.45, 2.75) is 0 Å². The molecule has 15 aromatic rings. The van der Waals surface area contributed by atoms with E-state index in [1.807, 2.05) is 53.1 Å². The summed E-state index contributed by atoms with van der Waals surface area (Å²) in [7, 11) is 0. The maximum absolute atomic E-state index is 9.25. The standard InChI is InChI=1S/C54H30N4/c1-3-14-31(15-4-1)55-43-23-10-8-19-34(43)39-27-47-40(28-46(39)55)41-29-50-51(37-20-9-12-25-45(37)56(50)32-16-5-2-6-17-32)52-42-26-38-36-22-13-21-35-33-18-7-11-24-44(33)57(53(35)36)48(38)30-49(42)58(47)54(41)52/h1-30H/i1D,2D,3D,4D,5D,6D,14D,15D,16D,17D. The van der Waals surface area contributed by atoms with E-state index in [2.05, 4.69) is 81.6 Å². The molecule has 0 atom stereocenters. The zero-order valence-electron chi connectivity index (χ0n) is 40.3. The summed E-state index contributed by atoms with van der Waals surface area (Å²) in [6, 6.07) is 37.5. The van der Waals surface area contributed by atoms with Crippen molar-refractivity contribution in [2.75, 3.05) is 0 Å². The van der Waals surface area contributed by atoms with Crippen molar-refractivity contribution < 1.29 is 13.7 Å². The Bertz CT molecular complexity index is 4810. The van der Waals surface area contributed by atoms with Crippen molar-refractivity contribution in [3.05, 3.63) is 182 Å². The summed E-state index contributed by atoms with van der Waals surface area (Å²) in [5, 5.41) is 11.6. The van der Waals surface area contributed by atoms with E-state index in [0.29, 0.717) is 22.1 Å². The maximum atomic E-state index is 9.25. The molecule has 15 rings (SSSR count). The van der Waals surface area contributed by atoms with E-state index in [0.717, 1.165) is 87.0 Å². The molecule has 0 radical (unpaired) electrons. The van der Waals surface area contributed by atoms with Gasteiger partial charge in [-0.15, -0.1) is 0 Å². The molecule has 0 aliphatic carbocycles. The Morgan fingerprint density at radius 3 is 1.52 bits per heavy atom. The van der Waals surface area contributed by atoms with Crippen LogP contribution in [-0.2, 0) is 0 Å². The number of para-hydroxylation sites is 6. The molecule has 0 unspecified atom stereocenters. The molecule has 0 bridgehead atoms. The number of benzene rings is 9. The van der Waals surface area contributed by atoms with Gasteiger partial charge in [-0.25, -0.2) is 0 Å². The Morgan fingerprint density at radius 2 is 0.776 bits per heavy atom. The third kappa shape index (κ3) is 3.34. The van der Waals surface area contributed by atoms with Gasteiger partial charge in [0.15, 0.2) is 0 Å². The monoisotopic (exact) mass is 744 g/mol. The van der Waals surface area contributed by atoms with E-state index in [1.165, 1.54) is 10.8 Å². The zero-order chi connectivity index (χ0) is 46.1. The van der Waals surface area contributed by atoms with Gasteiger partial charge in [-0.3, -0.25) is 0 Å². The second-order valence-corrected chi connectivity index (χ2v) is 15.4. The molecule has 0 saturated carbocycles. The van der Waals surface area contributed by atoms with Crippen molar-refractivity contribution in [1.29, 1.82) is 0 Å². The Labute approximate surface area is 343 Å². The molecule has 0 saturated heterocycles. The average molecular weight is 745 g/mol. The van der Waals surface area contributed by atoms with Crippen molar-refractivity contribution in [2.24, 2.45) is 0 Å². The summed E-state index contributed by atoms with van der Waals surface area (Å²) in [4.78, 5) is 0. The van der Waals surface area contributed by atoms with Gasteiger partial charge in [0.25, 0.3) is 0 Å². The lowest BCUT2D eigenvalue weighted by Gasteiger charge is -2.09. The lowest BCUT2D eigenvalue weighted by molar-refractivity contribution is 1.18. The van der Waals surface area contributed by atoms with Crippen LogP contribution in [0.4, 0.5) is 0 Å². The molecule has 4 nitrogen and oxygen atoms in total. The Hall–Kier alpha value is -7.82. The van der Waals surface area contributed by atoms with Gasteiger partial charge in [-0.2, -0.15) is 0 Å². The molecule has 0 amide bonds. The number of hydrogen-bond donors (Lipinski definition) is 0. The molecule has 0 fully saturated rings. The van der Waals surface area contributed by atoms with Gasteiger partial charge >= 0.3 is 0 Å². The minimum atomic E-state index is -0.469. The molecule has 266 valence electrons. The van der Waals surface area contributed by atoms with Gasteiger partial charge in [0.05, 0.1) is 68.9 Å². The Morgan fingerprint density at radius 1 is 0.293 bits per heavy atom. The molecular weight excluding hydrogens is 705 g/mol. The predicted octanol–water partition coefficient (Wildman–Crippen LogP) is 14.2. The molecule has 4 heteroatoms. The Balaban J connectivity index is 1.21. The van der Waals surface area contributed by atoms with Crippen LogP contribution in [0.1, 0.15) is 13.7 Å². The van der Waals surface area contributed by atoms with Crippen molar-refractivity contribution in [1.82, 2.24) is 17.9 Å². The van der Waals surface area contributed by atoms with E-state index in [-0.39, 0.29) is 35.5 Å². The van der Waals surface area contributed by atoms with Gasteiger partial charge in [0, 0.05) is 76.0 Å². The number of rotatable bonds is 2. The van der Waals surface area contributed by atoms with Crippen LogP contribution < -0.4 is 0 Å². The fourth-order valence-corrected chi connectivity index (χ4v) is 10.6. The molecule has 9 aromatic carbocycles. The summed E-state index contributed by atoms with van der Waals surface area (Å²) in [6.07, 6.45) is 0. The summed E-state index contributed by atoms with van der Waals surface area (Å²) in [5.74, 6) is 0. The fraction of sp³-hybridized carbons (Fsp3) is 0. The highest BCUT2D eigenvalue weighted by molar-refractivity contribution is 6.38. The minimum Gasteiger partial charge on any atom is -0.309 e. The van der Waals surface area contributed by atoms with Gasteiger partial charge < -0.3 is 17.9 Å². The highest BCUT2D eigenvalue weighted by Crippen LogP contribution is 2.50. The van der Waals surface area contributed by atoms with Gasteiger partial charge in [0.2, 0.25) is 0 Å². The molecule has 6 heterocycles. The highest BCUT2D eigenvalue weighted by Gasteiger charge is 2.27. The smallest absolute Gasteiger partial charge is 0.0645 e. The first-order valence-electron chi connectivity index (χ1n) is 24.3. The SMILES string of the molecule is [2H]c1c([2H])c([2H])c(-n2c3ccccc3c3cc4c(cc32)c2cc3c(c5ccccc5n3-c3c([2H])c([2H])c([2H])c([2H])c3[2H])c3c5cc6c7cccc8c9ccccc9n(c6cc5n4c23)c87)c([2H])c1[2H]. The third-order valence-electron chi connectivity index (χ3n) is 12.7. The predicted molar refractivity (Wildman–Crippen MR) is 244 cm³/mol. The second kappa shape index (κ2) is 10.1. The van der Waals surface area contributed by atoms with Crippen molar-refractivity contribution >= 4 is 120 Å². The fourth-order valence-electron chi connectivity index (χ4n) is 10.6. The van der Waals surface area contributed by atoms with Gasteiger partial charge in [-0.05, 0) is 72.7 Å². The maximum Gasteiger partial charge on any atom is 0.0645 e. The number of aromatic nitrogens is 4. The van der Waals surface area contributed by atoms with Crippen LogP contribution in [0.3, 0.4) is 0 Å². The quantitative estimate of drug-likeness (QED) is 0.168. The van der Waals surface area contributed by atoms with E-state index in [9.17, 15) is 2.74 Å². The summed E-state index contributed by atoms with van der Waals surface area (Å²) in [6.45, 7) is 0. The molecule has 58 heavy (non-hydrogen) atoms. The van der Waals surface area contributed by atoms with E-state index in [4.69, 9.17) is 11.0 Å². The number of fused-ring (bicyclic) bond motifs is 19. The Kier molecular flexibility index (Phi) is 3.85. The van der Waals surface area contributed by atoms with Crippen molar-refractivity contribution in [3.8, 4) is 11.4 Å². The first-order chi connectivity index (χ1) is 33.0. The zero-order valence-corrected chi connectivity index (χ0v) is 30.3. The lowest BCUT2D eigenvalue weighted by atomic mass is 10.00. The summed E-state index contributed by atoms with van der Waals surface area (Å²) >= 11 is 0. The van der Waals surface area contributed by atoms with E-state index >= 15 is 0 Å². The number of nitrogens with zero attached hydrogens (tertiary/aromatic N) is 4. The van der Waals surface area contributed by atoms with Crippen LogP contribution in [0.15, 0.2) is 182 Å². The summed E-state index contributed by atoms with van der Waals surface area (Å²) in [5.41, 5.74) is 8.87. The molecule has 6 aromatic heterocycles. The van der Waals surface area contributed by atoms with Crippen LogP contribution in [0.25, 0.3) is 131 Å². The van der Waals surface area contributed by atoms with Gasteiger partial charge in [-0.1, -0.05) is 109 Å². The van der Waals surface area contributed by atoms with Crippen LogP contribution in [0, 0.1) is 0 Å². The second-order valence-electron chi connectivity index (χ2n) is 15.4. The average Bonchev–Trinajstić information content (AvgIpc) is 4.19. The summed E-state index contributed by atoms with van der Waals surface area (Å²) < 4.78 is 96.7. The highest BCUT2D eigenvalue weighted by atomic mass is 15.0. The molecule has 0 N–H and O–H groups in total. The first kappa shape index (κ1) is 22.1. The first-order valence-corrected chi connectivity index (χ1v) is 19.3. The van der Waals surface area contributed by atoms with Crippen LogP contribution >= 0.6 is 0 Å². The molecular formula is C54H30N4. The third-order valence-corrected chi connectivity index (χ3v) is 12.7. The molecule has 0 spiro atoms.